The van der Waals surface area contributed by atoms with E-state index in [0.29, 0.717) is 5.92 Å². The van der Waals surface area contributed by atoms with Crippen LogP contribution in [-0.4, -0.2) is 25.8 Å². The lowest BCUT2D eigenvalue weighted by Gasteiger charge is -2.29. The van der Waals surface area contributed by atoms with Crippen LogP contribution < -0.4 is 4.90 Å². The first-order chi connectivity index (χ1) is 9.33. The Hall–Kier alpha value is -1.57. The number of dihydropyridines is 1. The normalized spacial score (nSPS) is 23.3. The highest BCUT2D eigenvalue weighted by molar-refractivity contribution is 5.79. The number of piperidine rings is 1. The van der Waals surface area contributed by atoms with Crippen molar-refractivity contribution in [3.63, 3.8) is 0 Å². The molecular weight excluding hydrogens is 232 g/mol. The van der Waals surface area contributed by atoms with Crippen molar-refractivity contribution in [2.75, 3.05) is 24.5 Å². The maximum Gasteiger partial charge on any atom is 0.0493 e. The average Bonchev–Trinajstić information content (AvgIpc) is 2.48. The summed E-state index contributed by atoms with van der Waals surface area (Å²) in [4.78, 5) is 6.97. The van der Waals surface area contributed by atoms with Crippen molar-refractivity contribution in [3.05, 3.63) is 41.5 Å². The van der Waals surface area contributed by atoms with Crippen molar-refractivity contribution >= 4 is 11.9 Å². The molecule has 1 saturated heterocycles. The molecule has 0 radical (unpaired) electrons. The van der Waals surface area contributed by atoms with Crippen LogP contribution in [0, 0.1) is 0 Å². The molecule has 0 saturated carbocycles. The molecule has 100 valence electrons. The van der Waals surface area contributed by atoms with E-state index < -0.39 is 0 Å². The Labute approximate surface area is 115 Å². The van der Waals surface area contributed by atoms with Gasteiger partial charge in [0.25, 0.3) is 0 Å². The second kappa shape index (κ2) is 5.60. The molecule has 1 aromatic rings. The van der Waals surface area contributed by atoms with E-state index in [0.717, 1.165) is 6.54 Å². The van der Waals surface area contributed by atoms with Crippen molar-refractivity contribution in [2.45, 2.75) is 32.1 Å². The smallest absolute Gasteiger partial charge is 0.0493 e. The van der Waals surface area contributed by atoms with Gasteiger partial charge in [0, 0.05) is 37.5 Å². The third-order valence-electron chi connectivity index (χ3n) is 4.08. The molecule has 19 heavy (non-hydrogen) atoms. The zero-order valence-electron chi connectivity index (χ0n) is 11.7. The standard InChI is InChI=1S/C17H22N2/c1-14-10-16(13-18-12-14)15-6-5-7-17(11-15)19-8-3-2-4-9-19/h5-7,10-12,16H,2-4,8-9,13H2,1H3. The lowest BCUT2D eigenvalue weighted by Crippen LogP contribution is -2.29. The highest BCUT2D eigenvalue weighted by Gasteiger charge is 2.15. The van der Waals surface area contributed by atoms with Gasteiger partial charge >= 0.3 is 0 Å². The molecule has 2 heterocycles. The number of hydrogen-bond donors (Lipinski definition) is 0. The first-order valence-corrected chi connectivity index (χ1v) is 7.36. The highest BCUT2D eigenvalue weighted by atomic mass is 15.1. The molecule has 1 unspecified atom stereocenters. The fraction of sp³-hybridized carbons (Fsp3) is 0.471. The van der Waals surface area contributed by atoms with E-state index in [4.69, 9.17) is 0 Å². The molecule has 3 rings (SSSR count). The van der Waals surface area contributed by atoms with Crippen LogP contribution in [0.2, 0.25) is 0 Å². The third kappa shape index (κ3) is 2.89. The third-order valence-corrected chi connectivity index (χ3v) is 4.08. The van der Waals surface area contributed by atoms with Crippen LogP contribution >= 0.6 is 0 Å². The number of aliphatic imine (C=N–C) groups is 1. The van der Waals surface area contributed by atoms with Crippen molar-refractivity contribution in [2.24, 2.45) is 4.99 Å². The SMILES string of the molecule is CC1=CC(c2cccc(N3CCCCC3)c2)CN=C1. The molecule has 1 fully saturated rings. The summed E-state index contributed by atoms with van der Waals surface area (Å²) in [6, 6.07) is 9.04. The quantitative estimate of drug-likeness (QED) is 0.784. The van der Waals surface area contributed by atoms with E-state index in [1.54, 1.807) is 0 Å². The lowest BCUT2D eigenvalue weighted by molar-refractivity contribution is 0.577. The topological polar surface area (TPSA) is 15.6 Å². The van der Waals surface area contributed by atoms with E-state index in [1.807, 2.05) is 6.21 Å². The van der Waals surface area contributed by atoms with Gasteiger partial charge in [0.05, 0.1) is 0 Å². The summed E-state index contributed by atoms with van der Waals surface area (Å²) < 4.78 is 0. The summed E-state index contributed by atoms with van der Waals surface area (Å²) in [6.45, 7) is 5.44. The van der Waals surface area contributed by atoms with Gasteiger partial charge < -0.3 is 4.90 Å². The summed E-state index contributed by atoms with van der Waals surface area (Å²) in [6.07, 6.45) is 8.36. The van der Waals surface area contributed by atoms with E-state index >= 15 is 0 Å². The molecule has 0 bridgehead atoms. The van der Waals surface area contributed by atoms with Gasteiger partial charge in [-0.3, -0.25) is 4.99 Å². The Morgan fingerprint density at radius 2 is 2.00 bits per heavy atom. The van der Waals surface area contributed by atoms with Crippen molar-refractivity contribution in [1.82, 2.24) is 0 Å². The Bertz CT molecular complexity index is 496. The molecule has 2 aliphatic rings. The molecule has 0 aromatic heterocycles. The van der Waals surface area contributed by atoms with Crippen molar-refractivity contribution in [3.8, 4) is 0 Å². The van der Waals surface area contributed by atoms with Gasteiger partial charge in [-0.1, -0.05) is 18.2 Å². The van der Waals surface area contributed by atoms with Gasteiger partial charge in [-0.25, -0.2) is 0 Å². The van der Waals surface area contributed by atoms with Gasteiger partial charge in [-0.15, -0.1) is 0 Å². The summed E-state index contributed by atoms with van der Waals surface area (Å²) >= 11 is 0. The zero-order chi connectivity index (χ0) is 13.1. The fourth-order valence-electron chi connectivity index (χ4n) is 3.03. The van der Waals surface area contributed by atoms with Gasteiger partial charge in [-0.2, -0.15) is 0 Å². The molecule has 2 aliphatic heterocycles. The monoisotopic (exact) mass is 254 g/mol. The highest BCUT2D eigenvalue weighted by Crippen LogP contribution is 2.27. The number of rotatable bonds is 2. The van der Waals surface area contributed by atoms with Crippen LogP contribution in [0.25, 0.3) is 0 Å². The van der Waals surface area contributed by atoms with Crippen molar-refractivity contribution in [1.29, 1.82) is 0 Å². The van der Waals surface area contributed by atoms with E-state index in [1.165, 1.54) is 49.2 Å². The average molecular weight is 254 g/mol. The maximum absolute atomic E-state index is 4.45. The van der Waals surface area contributed by atoms with Gasteiger partial charge in [0.15, 0.2) is 0 Å². The van der Waals surface area contributed by atoms with E-state index in [9.17, 15) is 0 Å². The Balaban J connectivity index is 1.81. The molecule has 0 aliphatic carbocycles. The van der Waals surface area contributed by atoms with E-state index in [-0.39, 0.29) is 0 Å². The minimum absolute atomic E-state index is 0.453. The number of allylic oxidation sites excluding steroid dienone is 1. The van der Waals surface area contributed by atoms with Crippen molar-refractivity contribution < 1.29 is 0 Å². The molecule has 0 amide bonds. The predicted molar refractivity (Wildman–Crippen MR) is 82.4 cm³/mol. The number of nitrogens with zero attached hydrogens (tertiary/aromatic N) is 2. The van der Waals surface area contributed by atoms with Crippen LogP contribution in [0.3, 0.4) is 0 Å². The summed E-state index contributed by atoms with van der Waals surface area (Å²) in [5.41, 5.74) is 4.07. The second-order valence-electron chi connectivity index (χ2n) is 5.65. The lowest BCUT2D eigenvalue weighted by atomic mass is 9.94. The van der Waals surface area contributed by atoms with Crippen LogP contribution in [-0.2, 0) is 0 Å². The molecule has 2 heteroatoms. The summed E-state index contributed by atoms with van der Waals surface area (Å²) in [5, 5.41) is 0. The van der Waals surface area contributed by atoms with Crippen LogP contribution in [0.15, 0.2) is 40.9 Å². The minimum Gasteiger partial charge on any atom is -0.372 e. The summed E-state index contributed by atoms with van der Waals surface area (Å²) in [7, 11) is 0. The predicted octanol–water partition coefficient (Wildman–Crippen LogP) is 3.79. The molecular formula is C17H22N2. The molecule has 0 spiro atoms. The second-order valence-corrected chi connectivity index (χ2v) is 5.65. The summed E-state index contributed by atoms with van der Waals surface area (Å²) in [5.74, 6) is 0.453. The van der Waals surface area contributed by atoms with Gasteiger partial charge in [0.1, 0.15) is 0 Å². The first kappa shape index (κ1) is 12.5. The van der Waals surface area contributed by atoms with Gasteiger partial charge in [-0.05, 0) is 49.5 Å². The Morgan fingerprint density at radius 3 is 2.79 bits per heavy atom. The van der Waals surface area contributed by atoms with E-state index in [2.05, 4.69) is 47.2 Å². The number of hydrogen-bond acceptors (Lipinski definition) is 2. The molecule has 1 aromatic carbocycles. The minimum atomic E-state index is 0.453. The van der Waals surface area contributed by atoms with Gasteiger partial charge in [0.2, 0.25) is 0 Å². The Morgan fingerprint density at radius 1 is 1.16 bits per heavy atom. The van der Waals surface area contributed by atoms with Crippen LogP contribution in [0.1, 0.15) is 37.7 Å². The number of benzene rings is 1. The molecule has 0 N–H and O–H groups in total. The van der Waals surface area contributed by atoms with Crippen LogP contribution in [0.5, 0.6) is 0 Å². The fourth-order valence-corrected chi connectivity index (χ4v) is 3.03. The largest absolute Gasteiger partial charge is 0.372 e. The maximum atomic E-state index is 4.45. The zero-order valence-corrected chi connectivity index (χ0v) is 11.7. The molecule has 2 nitrogen and oxygen atoms in total. The number of anilines is 1. The first-order valence-electron chi connectivity index (χ1n) is 7.36. The van der Waals surface area contributed by atoms with Crippen LogP contribution in [0.4, 0.5) is 5.69 Å². The Kier molecular flexibility index (Phi) is 3.67. The molecule has 1 atom stereocenters.